The van der Waals surface area contributed by atoms with Crippen molar-refractivity contribution in [2.45, 2.75) is 27.2 Å². The summed E-state index contributed by atoms with van der Waals surface area (Å²) in [6.07, 6.45) is 11.7. The van der Waals surface area contributed by atoms with Gasteiger partial charge in [-0.3, -0.25) is 4.99 Å². The van der Waals surface area contributed by atoms with Gasteiger partial charge < -0.3 is 0 Å². The summed E-state index contributed by atoms with van der Waals surface area (Å²) in [5.74, 6) is 0.513. The van der Waals surface area contributed by atoms with E-state index >= 15 is 0 Å². The van der Waals surface area contributed by atoms with Crippen molar-refractivity contribution in [2.24, 2.45) is 16.3 Å². The van der Waals surface area contributed by atoms with Crippen molar-refractivity contribution in [3.05, 3.63) is 36.1 Å². The Morgan fingerprint density at radius 3 is 2.71 bits per heavy atom. The molecule has 2 aliphatic rings. The molecule has 1 atom stereocenters. The highest BCUT2D eigenvalue weighted by Crippen LogP contribution is 2.34. The van der Waals surface area contributed by atoms with E-state index in [0.29, 0.717) is 5.92 Å². The number of aliphatic imine (C=N–C) groups is 1. The molecule has 0 aromatic carbocycles. The molecule has 0 spiro atoms. The van der Waals surface area contributed by atoms with E-state index in [9.17, 15) is 0 Å². The summed E-state index contributed by atoms with van der Waals surface area (Å²) in [6.45, 7) is 6.70. The molecule has 1 nitrogen and oxygen atoms in total. The molecule has 0 bridgehead atoms. The summed E-state index contributed by atoms with van der Waals surface area (Å²) in [4.78, 5) is 4.72. The van der Waals surface area contributed by atoms with Crippen LogP contribution in [0.5, 0.6) is 0 Å². The molecule has 0 amide bonds. The third kappa shape index (κ3) is 1.72. The van der Waals surface area contributed by atoms with E-state index in [2.05, 4.69) is 51.2 Å². The third-order valence-corrected chi connectivity index (χ3v) is 2.76. The van der Waals surface area contributed by atoms with Crippen molar-refractivity contribution in [2.75, 3.05) is 0 Å². The standard InChI is InChI=1S/C13H17N/c1-13(2,3)12-9-10-7-5-4-6-8-11(10)14-12/h4-8,10H,9H2,1-3H3. The molecule has 0 radical (unpaired) electrons. The largest absolute Gasteiger partial charge is 0.261 e. The maximum atomic E-state index is 4.72. The van der Waals surface area contributed by atoms with Gasteiger partial charge in [-0.05, 0) is 12.5 Å². The Kier molecular flexibility index (Phi) is 2.18. The molecule has 14 heavy (non-hydrogen) atoms. The lowest BCUT2D eigenvalue weighted by molar-refractivity contribution is 0.578. The Hall–Kier alpha value is -1.11. The van der Waals surface area contributed by atoms with E-state index < -0.39 is 0 Å². The van der Waals surface area contributed by atoms with Crippen molar-refractivity contribution in [1.29, 1.82) is 0 Å². The number of fused-ring (bicyclic) bond motifs is 1. The maximum Gasteiger partial charge on any atom is 0.0475 e. The van der Waals surface area contributed by atoms with E-state index in [0.717, 1.165) is 6.42 Å². The summed E-state index contributed by atoms with van der Waals surface area (Å²) in [5.41, 5.74) is 2.76. The number of hydrogen-bond acceptors (Lipinski definition) is 1. The molecule has 0 N–H and O–H groups in total. The normalized spacial score (nSPS) is 25.5. The fraction of sp³-hybridized carbons (Fsp3) is 0.462. The molecule has 0 saturated heterocycles. The molecular formula is C13H17N. The predicted molar refractivity (Wildman–Crippen MR) is 61.4 cm³/mol. The molecule has 0 aromatic heterocycles. The van der Waals surface area contributed by atoms with Crippen LogP contribution >= 0.6 is 0 Å². The van der Waals surface area contributed by atoms with Crippen LogP contribution in [-0.4, -0.2) is 5.71 Å². The minimum atomic E-state index is 0.213. The Labute approximate surface area is 85.9 Å². The monoisotopic (exact) mass is 187 g/mol. The lowest BCUT2D eigenvalue weighted by Crippen LogP contribution is -2.18. The van der Waals surface area contributed by atoms with Crippen molar-refractivity contribution in [1.82, 2.24) is 0 Å². The molecule has 74 valence electrons. The molecule has 0 saturated carbocycles. The molecule has 0 fully saturated rings. The highest BCUT2D eigenvalue weighted by Gasteiger charge is 2.29. The molecular weight excluding hydrogens is 170 g/mol. The van der Waals surface area contributed by atoms with E-state index in [1.54, 1.807) is 0 Å². The first-order valence-electron chi connectivity index (χ1n) is 5.20. The Bertz CT molecular complexity index is 348. The van der Waals surface area contributed by atoms with Gasteiger partial charge >= 0.3 is 0 Å². The van der Waals surface area contributed by atoms with Gasteiger partial charge in [0.1, 0.15) is 0 Å². The summed E-state index contributed by atoms with van der Waals surface area (Å²) < 4.78 is 0. The van der Waals surface area contributed by atoms with Gasteiger partial charge in [0.25, 0.3) is 0 Å². The van der Waals surface area contributed by atoms with Gasteiger partial charge in [0, 0.05) is 22.7 Å². The van der Waals surface area contributed by atoms with Crippen LogP contribution in [0.4, 0.5) is 0 Å². The summed E-state index contributed by atoms with van der Waals surface area (Å²) in [6, 6.07) is 0. The first-order chi connectivity index (χ1) is 6.57. The molecule has 1 unspecified atom stereocenters. The fourth-order valence-corrected chi connectivity index (χ4v) is 1.82. The number of allylic oxidation sites excluding steroid dienone is 5. The van der Waals surface area contributed by atoms with E-state index in [1.165, 1.54) is 11.4 Å². The van der Waals surface area contributed by atoms with Crippen LogP contribution in [-0.2, 0) is 0 Å². The third-order valence-electron chi connectivity index (χ3n) is 2.76. The van der Waals surface area contributed by atoms with E-state index in [1.807, 2.05) is 0 Å². The second kappa shape index (κ2) is 3.23. The lowest BCUT2D eigenvalue weighted by atomic mass is 9.86. The molecule has 0 aromatic rings. The first-order valence-corrected chi connectivity index (χ1v) is 5.20. The quantitative estimate of drug-likeness (QED) is 0.550. The maximum absolute atomic E-state index is 4.72. The molecule has 1 aliphatic heterocycles. The molecule has 1 heteroatoms. The van der Waals surface area contributed by atoms with Crippen LogP contribution in [0.1, 0.15) is 27.2 Å². The highest BCUT2D eigenvalue weighted by molar-refractivity contribution is 5.92. The van der Waals surface area contributed by atoms with Crippen molar-refractivity contribution < 1.29 is 0 Å². The van der Waals surface area contributed by atoms with Gasteiger partial charge in [0.15, 0.2) is 0 Å². The molecule has 1 aliphatic carbocycles. The summed E-state index contributed by atoms with van der Waals surface area (Å²) in [7, 11) is 0. The van der Waals surface area contributed by atoms with E-state index in [-0.39, 0.29) is 5.41 Å². The van der Waals surface area contributed by atoms with Gasteiger partial charge in [-0.15, -0.1) is 0 Å². The average molecular weight is 187 g/mol. The smallest absolute Gasteiger partial charge is 0.0475 e. The van der Waals surface area contributed by atoms with Crippen LogP contribution < -0.4 is 0 Å². The zero-order valence-electron chi connectivity index (χ0n) is 9.12. The predicted octanol–water partition coefficient (Wildman–Crippen LogP) is 3.50. The number of hydrogen-bond donors (Lipinski definition) is 0. The molecule has 2 rings (SSSR count). The van der Waals surface area contributed by atoms with Crippen molar-refractivity contribution in [3.63, 3.8) is 0 Å². The van der Waals surface area contributed by atoms with Crippen molar-refractivity contribution >= 4 is 5.71 Å². The van der Waals surface area contributed by atoms with Crippen LogP contribution in [0.25, 0.3) is 0 Å². The minimum Gasteiger partial charge on any atom is -0.261 e. The Morgan fingerprint density at radius 2 is 2.00 bits per heavy atom. The SMILES string of the molecule is CC(C)(C)C1=NC2=CC=CC=CC2C1. The molecule has 1 heterocycles. The fourth-order valence-electron chi connectivity index (χ4n) is 1.82. The average Bonchev–Trinajstić information content (AvgIpc) is 2.38. The van der Waals surface area contributed by atoms with Gasteiger partial charge in [-0.2, -0.15) is 0 Å². The number of rotatable bonds is 0. The van der Waals surface area contributed by atoms with Gasteiger partial charge in [0.2, 0.25) is 0 Å². The van der Waals surface area contributed by atoms with E-state index in [4.69, 9.17) is 4.99 Å². The van der Waals surface area contributed by atoms with Gasteiger partial charge in [0.05, 0.1) is 0 Å². The first kappa shape index (κ1) is 9.45. The minimum absolute atomic E-state index is 0.213. The Morgan fingerprint density at radius 1 is 1.21 bits per heavy atom. The zero-order chi connectivity index (χ0) is 10.2. The number of nitrogens with zero attached hydrogens (tertiary/aromatic N) is 1. The second-order valence-corrected chi connectivity index (χ2v) is 4.98. The van der Waals surface area contributed by atoms with Crippen LogP contribution in [0.3, 0.4) is 0 Å². The topological polar surface area (TPSA) is 12.4 Å². The summed E-state index contributed by atoms with van der Waals surface area (Å²) in [5, 5.41) is 0. The van der Waals surface area contributed by atoms with Crippen LogP contribution in [0, 0.1) is 11.3 Å². The summed E-state index contributed by atoms with van der Waals surface area (Å²) >= 11 is 0. The zero-order valence-corrected chi connectivity index (χ0v) is 9.12. The second-order valence-electron chi connectivity index (χ2n) is 4.98. The lowest BCUT2D eigenvalue weighted by Gasteiger charge is -2.18. The van der Waals surface area contributed by atoms with Crippen LogP contribution in [0.2, 0.25) is 0 Å². The van der Waals surface area contributed by atoms with Crippen molar-refractivity contribution in [3.8, 4) is 0 Å². The van der Waals surface area contributed by atoms with Crippen LogP contribution in [0.15, 0.2) is 41.1 Å². The highest BCUT2D eigenvalue weighted by atomic mass is 14.8. The Balaban J connectivity index is 2.30. The van der Waals surface area contributed by atoms with Gasteiger partial charge in [-0.25, -0.2) is 0 Å². The van der Waals surface area contributed by atoms with Gasteiger partial charge in [-0.1, -0.05) is 45.1 Å².